The number of hydrogen-bond acceptors (Lipinski definition) is 2. The summed E-state index contributed by atoms with van der Waals surface area (Å²) in [7, 11) is 0. The van der Waals surface area contributed by atoms with E-state index in [2.05, 4.69) is 69.0 Å². The van der Waals surface area contributed by atoms with Gasteiger partial charge in [0.15, 0.2) is 0 Å². The molecule has 0 saturated carbocycles. The summed E-state index contributed by atoms with van der Waals surface area (Å²) in [6.45, 7) is 10.6. The number of nitriles is 1. The standard InChI is InChI=1S/C25H32Cl2N2/c1-5-22(29(6-2)17-20-10-8-7-9-11-20)14-15-25(18-28,19(3)4)21-12-13-23(26)24(27)16-21/h7-13,16,19,22H,5-6,14-15,17H2,1-4H3. The van der Waals surface area contributed by atoms with Gasteiger partial charge in [-0.25, -0.2) is 0 Å². The molecule has 0 fully saturated rings. The molecule has 2 aromatic carbocycles. The van der Waals surface area contributed by atoms with Crippen LogP contribution in [0.4, 0.5) is 0 Å². The van der Waals surface area contributed by atoms with E-state index >= 15 is 0 Å². The molecule has 156 valence electrons. The van der Waals surface area contributed by atoms with Crippen LogP contribution in [0.15, 0.2) is 48.5 Å². The summed E-state index contributed by atoms with van der Waals surface area (Å²) in [4.78, 5) is 2.52. The van der Waals surface area contributed by atoms with E-state index in [-0.39, 0.29) is 5.92 Å². The Hall–Kier alpha value is -1.53. The first-order valence-electron chi connectivity index (χ1n) is 10.5. The van der Waals surface area contributed by atoms with Crippen LogP contribution in [0.25, 0.3) is 0 Å². The molecular weight excluding hydrogens is 399 g/mol. The van der Waals surface area contributed by atoms with Crippen LogP contribution in [0.1, 0.15) is 58.1 Å². The minimum absolute atomic E-state index is 0.173. The molecular formula is C25H32Cl2N2. The molecule has 0 heterocycles. The Morgan fingerprint density at radius 3 is 2.24 bits per heavy atom. The number of nitrogens with zero attached hydrogens (tertiary/aromatic N) is 2. The first-order valence-corrected chi connectivity index (χ1v) is 11.3. The zero-order chi connectivity index (χ0) is 21.4. The summed E-state index contributed by atoms with van der Waals surface area (Å²) < 4.78 is 0. The molecule has 29 heavy (non-hydrogen) atoms. The van der Waals surface area contributed by atoms with Gasteiger partial charge >= 0.3 is 0 Å². The van der Waals surface area contributed by atoms with Crippen molar-refractivity contribution in [3.8, 4) is 6.07 Å². The van der Waals surface area contributed by atoms with Gasteiger partial charge in [-0.3, -0.25) is 4.90 Å². The van der Waals surface area contributed by atoms with E-state index < -0.39 is 5.41 Å². The van der Waals surface area contributed by atoms with Crippen LogP contribution >= 0.6 is 23.2 Å². The van der Waals surface area contributed by atoms with Crippen LogP contribution in [-0.4, -0.2) is 17.5 Å². The molecule has 0 N–H and O–H groups in total. The summed E-state index contributed by atoms with van der Waals surface area (Å²) in [5.41, 5.74) is 1.71. The van der Waals surface area contributed by atoms with E-state index in [9.17, 15) is 5.26 Å². The summed E-state index contributed by atoms with van der Waals surface area (Å²) in [6, 6.07) is 19.3. The lowest BCUT2D eigenvalue weighted by atomic mass is 9.69. The van der Waals surface area contributed by atoms with Crippen molar-refractivity contribution >= 4 is 23.2 Å². The Morgan fingerprint density at radius 2 is 1.72 bits per heavy atom. The molecule has 4 heteroatoms. The molecule has 0 spiro atoms. The SMILES string of the molecule is CCC(CCC(C#N)(c1ccc(Cl)c(Cl)c1)C(C)C)N(CC)Cc1ccccc1. The van der Waals surface area contributed by atoms with Gasteiger partial charge in [0.2, 0.25) is 0 Å². The molecule has 0 saturated heterocycles. The highest BCUT2D eigenvalue weighted by molar-refractivity contribution is 6.42. The lowest BCUT2D eigenvalue weighted by Gasteiger charge is -2.36. The molecule has 0 radical (unpaired) electrons. The predicted octanol–water partition coefficient (Wildman–Crippen LogP) is 7.49. The lowest BCUT2D eigenvalue weighted by molar-refractivity contribution is 0.168. The van der Waals surface area contributed by atoms with Crippen LogP contribution in [0.2, 0.25) is 10.0 Å². The number of rotatable bonds is 10. The van der Waals surface area contributed by atoms with Gasteiger partial charge in [0.05, 0.1) is 21.5 Å². The predicted molar refractivity (Wildman–Crippen MR) is 124 cm³/mol. The fourth-order valence-corrected chi connectivity index (χ4v) is 4.44. The molecule has 0 aliphatic rings. The van der Waals surface area contributed by atoms with Gasteiger partial charge in [-0.1, -0.05) is 87.3 Å². The van der Waals surface area contributed by atoms with Crippen LogP contribution in [0.5, 0.6) is 0 Å². The van der Waals surface area contributed by atoms with E-state index in [0.717, 1.165) is 37.9 Å². The van der Waals surface area contributed by atoms with Gasteiger partial charge in [-0.2, -0.15) is 5.26 Å². The summed E-state index contributed by atoms with van der Waals surface area (Å²) in [5, 5.41) is 11.3. The summed E-state index contributed by atoms with van der Waals surface area (Å²) in [5.74, 6) is 0.173. The zero-order valence-corrected chi connectivity index (χ0v) is 19.5. The Morgan fingerprint density at radius 1 is 1.03 bits per heavy atom. The van der Waals surface area contributed by atoms with Crippen LogP contribution in [-0.2, 0) is 12.0 Å². The molecule has 2 nitrogen and oxygen atoms in total. The molecule has 2 atom stereocenters. The van der Waals surface area contributed by atoms with Crippen molar-refractivity contribution in [1.82, 2.24) is 4.90 Å². The van der Waals surface area contributed by atoms with Crippen molar-refractivity contribution in [2.24, 2.45) is 5.92 Å². The maximum Gasteiger partial charge on any atom is 0.0846 e. The molecule has 0 aliphatic heterocycles. The molecule has 0 aromatic heterocycles. The van der Waals surface area contributed by atoms with Crippen LogP contribution < -0.4 is 0 Å². The van der Waals surface area contributed by atoms with Crippen molar-refractivity contribution < 1.29 is 0 Å². The molecule has 2 unspecified atom stereocenters. The molecule has 2 aromatic rings. The average Bonchev–Trinajstić information content (AvgIpc) is 2.73. The number of halogens is 2. The van der Waals surface area contributed by atoms with Gasteiger partial charge in [0.25, 0.3) is 0 Å². The second-order valence-electron chi connectivity index (χ2n) is 8.02. The zero-order valence-electron chi connectivity index (χ0n) is 18.0. The fraction of sp³-hybridized carbons (Fsp3) is 0.480. The van der Waals surface area contributed by atoms with Gasteiger partial charge in [-0.05, 0) is 55.0 Å². The number of hydrogen-bond donors (Lipinski definition) is 0. The first-order chi connectivity index (χ1) is 13.9. The highest BCUT2D eigenvalue weighted by Crippen LogP contribution is 2.40. The quantitative estimate of drug-likeness (QED) is 0.390. The van der Waals surface area contributed by atoms with E-state index in [1.54, 1.807) is 6.07 Å². The van der Waals surface area contributed by atoms with E-state index in [1.807, 2.05) is 12.1 Å². The fourth-order valence-electron chi connectivity index (χ4n) is 4.15. The molecule has 2 rings (SSSR count). The monoisotopic (exact) mass is 430 g/mol. The van der Waals surface area contributed by atoms with E-state index in [0.29, 0.717) is 16.1 Å². The largest absolute Gasteiger partial charge is 0.296 e. The Labute approximate surface area is 186 Å². The van der Waals surface area contributed by atoms with E-state index in [1.165, 1.54) is 5.56 Å². The van der Waals surface area contributed by atoms with Crippen molar-refractivity contribution in [1.29, 1.82) is 5.26 Å². The van der Waals surface area contributed by atoms with Gasteiger partial charge in [0.1, 0.15) is 0 Å². The third-order valence-corrected chi connectivity index (χ3v) is 6.85. The number of benzene rings is 2. The normalized spacial score (nSPS) is 14.6. The average molecular weight is 431 g/mol. The third-order valence-electron chi connectivity index (χ3n) is 6.11. The Balaban J connectivity index is 2.23. The van der Waals surface area contributed by atoms with Crippen molar-refractivity contribution in [2.45, 2.75) is 65.0 Å². The van der Waals surface area contributed by atoms with Crippen molar-refractivity contribution in [2.75, 3.05) is 6.54 Å². The highest BCUT2D eigenvalue weighted by Gasteiger charge is 2.37. The van der Waals surface area contributed by atoms with Gasteiger partial charge in [-0.15, -0.1) is 0 Å². The lowest BCUT2D eigenvalue weighted by Crippen LogP contribution is -2.38. The van der Waals surface area contributed by atoms with Crippen LogP contribution in [0, 0.1) is 17.2 Å². The van der Waals surface area contributed by atoms with Crippen LogP contribution in [0.3, 0.4) is 0 Å². The van der Waals surface area contributed by atoms with E-state index in [4.69, 9.17) is 23.2 Å². The van der Waals surface area contributed by atoms with Gasteiger partial charge in [0, 0.05) is 12.6 Å². The molecule has 0 bridgehead atoms. The first kappa shape index (κ1) is 23.7. The minimum atomic E-state index is -0.576. The topological polar surface area (TPSA) is 27.0 Å². The Kier molecular flexibility index (Phi) is 9.03. The maximum atomic E-state index is 10.2. The second-order valence-corrected chi connectivity index (χ2v) is 8.83. The van der Waals surface area contributed by atoms with Crippen molar-refractivity contribution in [3.63, 3.8) is 0 Å². The molecule has 0 amide bonds. The summed E-state index contributed by atoms with van der Waals surface area (Å²) >= 11 is 12.4. The van der Waals surface area contributed by atoms with Crippen molar-refractivity contribution in [3.05, 3.63) is 69.7 Å². The molecule has 0 aliphatic carbocycles. The third kappa shape index (κ3) is 5.76. The highest BCUT2D eigenvalue weighted by atomic mass is 35.5. The summed E-state index contributed by atoms with van der Waals surface area (Å²) in [6.07, 6.45) is 2.81. The smallest absolute Gasteiger partial charge is 0.0846 e. The second kappa shape index (κ2) is 11.0. The Bertz CT molecular complexity index is 813. The minimum Gasteiger partial charge on any atom is -0.296 e. The maximum absolute atomic E-state index is 10.2. The van der Waals surface area contributed by atoms with Gasteiger partial charge < -0.3 is 0 Å².